The monoisotopic (exact) mass is 739 g/mol. The van der Waals surface area contributed by atoms with E-state index in [4.69, 9.17) is 56.8 Å². The van der Waals surface area contributed by atoms with Gasteiger partial charge in [-0.1, -0.05) is 0 Å². The molecular weight excluding hydrogens is 682 g/mol. The lowest BCUT2D eigenvalue weighted by atomic mass is 10.2. The van der Waals surface area contributed by atoms with Crippen LogP contribution in [0.3, 0.4) is 0 Å². The molecule has 0 bridgehead atoms. The van der Waals surface area contributed by atoms with Gasteiger partial charge in [-0.15, -0.1) is 0 Å². The topological polar surface area (TPSA) is 157 Å². The molecule has 2 aromatic carbocycles. The summed E-state index contributed by atoms with van der Waals surface area (Å²) in [4.78, 5) is 21.7. The second-order valence-electron chi connectivity index (χ2n) is 10.7. The second kappa shape index (κ2) is 33.6. The Kier molecular flexibility index (Phi) is 29.0. The summed E-state index contributed by atoms with van der Waals surface area (Å²) in [6.45, 7) is 11.9. The third-order valence-corrected chi connectivity index (χ3v) is 6.53. The van der Waals surface area contributed by atoms with Crippen LogP contribution in [-0.2, 0) is 52.2 Å². The van der Waals surface area contributed by atoms with Crippen LogP contribution in [0.4, 0.5) is 5.69 Å². The van der Waals surface area contributed by atoms with Gasteiger partial charge in [0.2, 0.25) is 5.91 Å². The standard InChI is InChI=1S/C37H57NO14/c1-33(40)38-35-4-8-37(9-5-35)52-31-29-50-27-25-48-23-21-46-19-17-44-15-13-42-11-10-41-12-14-43-16-18-45-20-22-47-24-26-49-28-30-51-36-6-2-34(32-39)3-7-36/h2-9,32H,10-31H2,1H3,(H,38,40). The lowest BCUT2D eigenvalue weighted by Gasteiger charge is -2.09. The number of nitrogens with one attached hydrogen (secondary N) is 1. The van der Waals surface area contributed by atoms with E-state index in [-0.39, 0.29) is 5.91 Å². The van der Waals surface area contributed by atoms with E-state index in [0.29, 0.717) is 162 Å². The van der Waals surface area contributed by atoms with E-state index >= 15 is 0 Å². The number of ether oxygens (including phenoxy) is 12. The van der Waals surface area contributed by atoms with Crippen LogP contribution >= 0.6 is 0 Å². The molecule has 0 radical (unpaired) electrons. The van der Waals surface area contributed by atoms with Crippen LogP contribution in [0.1, 0.15) is 17.3 Å². The predicted octanol–water partition coefficient (Wildman–Crippen LogP) is 3.08. The van der Waals surface area contributed by atoms with Crippen LogP contribution in [0.5, 0.6) is 11.5 Å². The average Bonchev–Trinajstić information content (AvgIpc) is 3.15. The largest absolute Gasteiger partial charge is 0.491 e. The summed E-state index contributed by atoms with van der Waals surface area (Å²) in [5.41, 5.74) is 1.34. The molecule has 52 heavy (non-hydrogen) atoms. The number of hydrogen-bond acceptors (Lipinski definition) is 14. The summed E-state index contributed by atoms with van der Waals surface area (Å²) < 4.78 is 66.0. The zero-order valence-corrected chi connectivity index (χ0v) is 30.5. The molecule has 0 aliphatic heterocycles. The highest BCUT2D eigenvalue weighted by Crippen LogP contribution is 2.15. The molecule has 0 atom stereocenters. The Morgan fingerprint density at radius 2 is 0.673 bits per heavy atom. The first kappa shape index (κ1) is 44.9. The van der Waals surface area contributed by atoms with E-state index in [1.807, 2.05) is 0 Å². The molecule has 2 aromatic rings. The van der Waals surface area contributed by atoms with Crippen LogP contribution in [0, 0.1) is 0 Å². The van der Waals surface area contributed by atoms with Crippen molar-refractivity contribution in [3.8, 4) is 11.5 Å². The van der Waals surface area contributed by atoms with Gasteiger partial charge < -0.3 is 62.2 Å². The van der Waals surface area contributed by atoms with Crippen LogP contribution in [-0.4, -0.2) is 158 Å². The lowest BCUT2D eigenvalue weighted by molar-refractivity contribution is -0.114. The van der Waals surface area contributed by atoms with Gasteiger partial charge in [0, 0.05) is 18.2 Å². The molecule has 15 nitrogen and oxygen atoms in total. The number of hydrogen-bond donors (Lipinski definition) is 1. The fourth-order valence-corrected chi connectivity index (χ4v) is 4.00. The predicted molar refractivity (Wildman–Crippen MR) is 192 cm³/mol. The number of amides is 1. The molecule has 0 aliphatic carbocycles. The molecule has 0 saturated carbocycles. The van der Waals surface area contributed by atoms with Crippen molar-refractivity contribution in [2.45, 2.75) is 6.92 Å². The maximum absolute atomic E-state index is 11.0. The molecule has 15 heteroatoms. The lowest BCUT2D eigenvalue weighted by Crippen LogP contribution is -2.15. The van der Waals surface area contributed by atoms with Crippen molar-refractivity contribution in [1.29, 1.82) is 0 Å². The van der Waals surface area contributed by atoms with E-state index in [1.165, 1.54) is 6.92 Å². The minimum atomic E-state index is -0.111. The van der Waals surface area contributed by atoms with Gasteiger partial charge >= 0.3 is 0 Å². The summed E-state index contributed by atoms with van der Waals surface area (Å²) in [5, 5.41) is 2.71. The third kappa shape index (κ3) is 27.4. The summed E-state index contributed by atoms with van der Waals surface area (Å²) in [5.74, 6) is 1.30. The number of rotatable bonds is 37. The first-order valence-corrected chi connectivity index (χ1v) is 17.6. The fraction of sp³-hybridized carbons (Fsp3) is 0.622. The molecule has 1 N–H and O–H groups in total. The number of aldehydes is 1. The van der Waals surface area contributed by atoms with E-state index in [0.717, 1.165) is 12.0 Å². The Bertz CT molecular complexity index is 1110. The number of carbonyl (C=O) groups excluding carboxylic acids is 2. The minimum Gasteiger partial charge on any atom is -0.491 e. The minimum absolute atomic E-state index is 0.111. The van der Waals surface area contributed by atoms with Gasteiger partial charge in [-0.05, 0) is 48.5 Å². The SMILES string of the molecule is CC(=O)Nc1ccc(OCCOCCOCCOCCOCCOCCOCCOCCOCCOCCOCCOc2ccc(C=O)cc2)cc1. The number of carbonyl (C=O) groups is 2. The van der Waals surface area contributed by atoms with E-state index in [2.05, 4.69) is 5.32 Å². The molecule has 0 fully saturated rings. The van der Waals surface area contributed by atoms with Crippen molar-refractivity contribution in [1.82, 2.24) is 0 Å². The molecule has 0 heterocycles. The molecule has 294 valence electrons. The Labute approximate surface area is 307 Å². The van der Waals surface area contributed by atoms with Crippen molar-refractivity contribution in [3.63, 3.8) is 0 Å². The fourth-order valence-electron chi connectivity index (χ4n) is 4.00. The third-order valence-electron chi connectivity index (χ3n) is 6.53. The van der Waals surface area contributed by atoms with E-state index < -0.39 is 0 Å². The van der Waals surface area contributed by atoms with Gasteiger partial charge in [0.1, 0.15) is 31.0 Å². The zero-order valence-electron chi connectivity index (χ0n) is 30.5. The molecule has 0 spiro atoms. The van der Waals surface area contributed by atoms with Gasteiger partial charge in [-0.2, -0.15) is 0 Å². The highest BCUT2D eigenvalue weighted by Gasteiger charge is 2.00. The first-order valence-electron chi connectivity index (χ1n) is 17.6. The first-order chi connectivity index (χ1) is 25.7. The van der Waals surface area contributed by atoms with Crippen LogP contribution in [0.15, 0.2) is 48.5 Å². The molecule has 0 aliphatic rings. The van der Waals surface area contributed by atoms with Gasteiger partial charge in [-0.25, -0.2) is 0 Å². The quantitative estimate of drug-likeness (QED) is 0.0797. The van der Waals surface area contributed by atoms with Gasteiger partial charge in [0.15, 0.2) is 0 Å². The molecular formula is C37H57NO14. The Morgan fingerprint density at radius 3 is 0.923 bits per heavy atom. The summed E-state index contributed by atoms with van der Waals surface area (Å²) in [6.07, 6.45) is 0.796. The van der Waals surface area contributed by atoms with Crippen LogP contribution in [0.25, 0.3) is 0 Å². The molecule has 0 unspecified atom stereocenters. The zero-order chi connectivity index (χ0) is 37.0. The normalized spacial score (nSPS) is 11.1. The summed E-state index contributed by atoms with van der Waals surface area (Å²) >= 11 is 0. The molecule has 0 saturated heterocycles. The van der Waals surface area contributed by atoms with Crippen molar-refractivity contribution >= 4 is 17.9 Å². The van der Waals surface area contributed by atoms with Crippen molar-refractivity contribution < 1.29 is 66.4 Å². The molecule has 0 aromatic heterocycles. The Balaban J connectivity index is 1.16. The van der Waals surface area contributed by atoms with Crippen LogP contribution in [0.2, 0.25) is 0 Å². The molecule has 2 rings (SSSR count). The van der Waals surface area contributed by atoms with Crippen LogP contribution < -0.4 is 14.8 Å². The highest BCUT2D eigenvalue weighted by molar-refractivity contribution is 5.88. The Morgan fingerprint density at radius 1 is 0.423 bits per heavy atom. The Hall–Kier alpha value is -3.22. The van der Waals surface area contributed by atoms with E-state index in [9.17, 15) is 9.59 Å². The van der Waals surface area contributed by atoms with Crippen molar-refractivity contribution in [2.24, 2.45) is 0 Å². The maximum Gasteiger partial charge on any atom is 0.221 e. The van der Waals surface area contributed by atoms with Crippen molar-refractivity contribution in [2.75, 3.05) is 151 Å². The molecule has 1 amide bonds. The number of benzene rings is 2. The number of anilines is 1. The summed E-state index contributed by atoms with van der Waals surface area (Å²) in [6, 6.07) is 14.1. The smallest absolute Gasteiger partial charge is 0.221 e. The average molecular weight is 740 g/mol. The van der Waals surface area contributed by atoms with E-state index in [1.54, 1.807) is 48.5 Å². The second-order valence-corrected chi connectivity index (χ2v) is 10.7. The van der Waals surface area contributed by atoms with Gasteiger partial charge in [-0.3, -0.25) is 9.59 Å². The van der Waals surface area contributed by atoms with Crippen molar-refractivity contribution in [3.05, 3.63) is 54.1 Å². The summed E-state index contributed by atoms with van der Waals surface area (Å²) in [7, 11) is 0. The maximum atomic E-state index is 11.0. The van der Waals surface area contributed by atoms with Gasteiger partial charge in [0.25, 0.3) is 0 Å². The highest BCUT2D eigenvalue weighted by atomic mass is 16.6. The van der Waals surface area contributed by atoms with Gasteiger partial charge in [0.05, 0.1) is 132 Å².